The number of anilines is 1. The average Bonchev–Trinajstić information content (AvgIpc) is 3.67. The molecule has 3 aromatic heterocycles. The maximum absolute atomic E-state index is 15.4. The molecule has 0 aliphatic carbocycles. The number of hydrogen-bond donors (Lipinski definition) is 3. The second-order valence-corrected chi connectivity index (χ2v) is 10.7. The SMILES string of the molecule is C=CC(=O)C[C@@H]1CCN(c2n[nH]c3nccc(-c4ccc([C@@H](C)NC(=O)c5cc(C(C)(C)O)on5)c(F)c4)c23)C1. The fraction of sp³-hybridized carbons (Fsp3) is 0.345. The molecule has 4 aromatic rings. The Balaban J connectivity index is 1.37. The van der Waals surface area contributed by atoms with Gasteiger partial charge < -0.3 is 19.8 Å². The zero-order valence-electron chi connectivity index (χ0n) is 22.6. The molecule has 40 heavy (non-hydrogen) atoms. The lowest BCUT2D eigenvalue weighted by molar-refractivity contribution is -0.115. The highest BCUT2D eigenvalue weighted by Crippen LogP contribution is 2.37. The van der Waals surface area contributed by atoms with E-state index in [-0.39, 0.29) is 23.2 Å². The van der Waals surface area contributed by atoms with Crippen molar-refractivity contribution in [3.8, 4) is 11.1 Å². The number of benzene rings is 1. The van der Waals surface area contributed by atoms with Gasteiger partial charge in [0.1, 0.15) is 11.4 Å². The van der Waals surface area contributed by atoms with Crippen molar-refractivity contribution in [2.75, 3.05) is 18.0 Å². The number of hydrogen-bond acceptors (Lipinski definition) is 8. The average molecular weight is 547 g/mol. The Morgan fingerprint density at radius 1 is 1.35 bits per heavy atom. The molecule has 1 aromatic carbocycles. The molecule has 11 heteroatoms. The number of rotatable bonds is 9. The molecule has 1 fully saturated rings. The van der Waals surface area contributed by atoms with E-state index in [1.807, 2.05) is 6.07 Å². The molecular weight excluding hydrogens is 515 g/mol. The van der Waals surface area contributed by atoms with Crippen molar-refractivity contribution in [1.82, 2.24) is 25.7 Å². The van der Waals surface area contributed by atoms with Crippen LogP contribution < -0.4 is 10.2 Å². The third-order valence-electron chi connectivity index (χ3n) is 7.22. The molecule has 0 saturated carbocycles. The standard InChI is InChI=1S/C29H31FN6O4/c1-5-19(37)12-17-9-11-36(15-17)27-25-21(8-10-31-26(25)33-34-27)18-6-7-20(22(30)13-18)16(2)32-28(38)23-14-24(40-35-23)29(3,4)39/h5-8,10,13-14,16-17,39H,1,9,11-12,15H2,2-4H3,(H,32,38)(H,31,33,34)/t16-,17+/m1/s1. The van der Waals surface area contributed by atoms with Gasteiger partial charge in [0.05, 0.1) is 11.4 Å². The Bertz CT molecular complexity index is 1590. The lowest BCUT2D eigenvalue weighted by Gasteiger charge is -2.18. The van der Waals surface area contributed by atoms with Gasteiger partial charge in [-0.1, -0.05) is 23.9 Å². The Hall–Kier alpha value is -4.38. The van der Waals surface area contributed by atoms with E-state index >= 15 is 4.39 Å². The van der Waals surface area contributed by atoms with Crippen LogP contribution in [0.25, 0.3) is 22.2 Å². The first-order chi connectivity index (χ1) is 19.0. The predicted octanol–water partition coefficient (Wildman–Crippen LogP) is 4.44. The summed E-state index contributed by atoms with van der Waals surface area (Å²) in [6, 6.07) is 7.39. The molecule has 1 saturated heterocycles. The monoisotopic (exact) mass is 546 g/mol. The number of nitrogens with one attached hydrogen (secondary N) is 2. The number of amides is 1. The van der Waals surface area contributed by atoms with Crippen molar-refractivity contribution >= 4 is 28.5 Å². The van der Waals surface area contributed by atoms with Gasteiger partial charge in [-0.3, -0.25) is 14.7 Å². The van der Waals surface area contributed by atoms with Gasteiger partial charge in [-0.05, 0) is 62.4 Å². The Labute approximate surface area is 230 Å². The zero-order chi connectivity index (χ0) is 28.6. The third-order valence-corrected chi connectivity index (χ3v) is 7.22. The summed E-state index contributed by atoms with van der Waals surface area (Å²) in [6.07, 6.45) is 4.32. The fourth-order valence-electron chi connectivity index (χ4n) is 5.03. The molecule has 0 bridgehead atoms. The molecule has 10 nitrogen and oxygen atoms in total. The van der Waals surface area contributed by atoms with Gasteiger partial charge >= 0.3 is 0 Å². The van der Waals surface area contributed by atoms with Crippen molar-refractivity contribution in [3.63, 3.8) is 0 Å². The minimum atomic E-state index is -1.28. The smallest absolute Gasteiger partial charge is 0.273 e. The highest BCUT2D eigenvalue weighted by molar-refractivity contribution is 6.01. The van der Waals surface area contributed by atoms with Gasteiger partial charge in [0.2, 0.25) is 0 Å². The summed E-state index contributed by atoms with van der Waals surface area (Å²) in [6.45, 7) is 9.71. The van der Waals surface area contributed by atoms with Crippen LogP contribution in [-0.4, -0.2) is 50.2 Å². The Morgan fingerprint density at radius 2 is 2.15 bits per heavy atom. The zero-order valence-corrected chi connectivity index (χ0v) is 22.6. The van der Waals surface area contributed by atoms with Crippen LogP contribution in [0.5, 0.6) is 0 Å². The van der Waals surface area contributed by atoms with Crippen LogP contribution in [0.1, 0.15) is 61.5 Å². The van der Waals surface area contributed by atoms with E-state index in [2.05, 4.69) is 37.1 Å². The summed E-state index contributed by atoms with van der Waals surface area (Å²) in [4.78, 5) is 31.0. The second-order valence-electron chi connectivity index (χ2n) is 10.7. The summed E-state index contributed by atoms with van der Waals surface area (Å²) in [5.41, 5.74) is 0.997. The van der Waals surface area contributed by atoms with Crippen LogP contribution in [-0.2, 0) is 10.4 Å². The summed E-state index contributed by atoms with van der Waals surface area (Å²) < 4.78 is 20.5. The van der Waals surface area contributed by atoms with E-state index < -0.39 is 23.4 Å². The Morgan fingerprint density at radius 3 is 2.85 bits per heavy atom. The van der Waals surface area contributed by atoms with Gasteiger partial charge in [0.25, 0.3) is 5.91 Å². The number of fused-ring (bicyclic) bond motifs is 1. The largest absolute Gasteiger partial charge is 0.382 e. The number of halogens is 1. The van der Waals surface area contributed by atoms with Gasteiger partial charge in [0, 0.05) is 37.3 Å². The molecule has 208 valence electrons. The number of H-pyrrole nitrogens is 1. The first-order valence-electron chi connectivity index (χ1n) is 13.1. The topological polar surface area (TPSA) is 137 Å². The van der Waals surface area contributed by atoms with Crippen LogP contribution in [0.3, 0.4) is 0 Å². The van der Waals surface area contributed by atoms with Crippen molar-refractivity contribution in [2.45, 2.75) is 45.3 Å². The lowest BCUT2D eigenvalue weighted by Crippen LogP contribution is -2.27. The van der Waals surface area contributed by atoms with Crippen LogP contribution in [0.4, 0.5) is 10.2 Å². The Kier molecular flexibility index (Phi) is 7.24. The summed E-state index contributed by atoms with van der Waals surface area (Å²) in [7, 11) is 0. The van der Waals surface area contributed by atoms with E-state index in [1.54, 1.807) is 25.3 Å². The number of aromatic nitrogens is 4. The van der Waals surface area contributed by atoms with E-state index in [9.17, 15) is 14.7 Å². The fourth-order valence-corrected chi connectivity index (χ4v) is 5.03. The summed E-state index contributed by atoms with van der Waals surface area (Å²) in [5, 5.41) is 24.7. The number of ketones is 1. The third kappa shape index (κ3) is 5.37. The van der Waals surface area contributed by atoms with Crippen molar-refractivity contribution in [2.24, 2.45) is 5.92 Å². The van der Waals surface area contributed by atoms with Gasteiger partial charge in [-0.15, -0.1) is 0 Å². The van der Waals surface area contributed by atoms with Gasteiger partial charge in [-0.2, -0.15) is 5.10 Å². The van der Waals surface area contributed by atoms with Crippen LogP contribution >= 0.6 is 0 Å². The van der Waals surface area contributed by atoms with Gasteiger partial charge in [-0.25, -0.2) is 9.37 Å². The molecule has 3 N–H and O–H groups in total. The maximum atomic E-state index is 15.4. The number of aliphatic hydroxyl groups is 1. The predicted molar refractivity (Wildman–Crippen MR) is 147 cm³/mol. The highest BCUT2D eigenvalue weighted by Gasteiger charge is 2.28. The van der Waals surface area contributed by atoms with Crippen LogP contribution in [0.2, 0.25) is 0 Å². The molecule has 0 unspecified atom stereocenters. The van der Waals surface area contributed by atoms with E-state index in [0.717, 1.165) is 29.7 Å². The number of allylic oxidation sites excluding steroid dienone is 1. The second kappa shape index (κ2) is 10.6. The van der Waals surface area contributed by atoms with E-state index in [4.69, 9.17) is 4.52 Å². The maximum Gasteiger partial charge on any atom is 0.273 e. The first kappa shape index (κ1) is 27.2. The summed E-state index contributed by atoms with van der Waals surface area (Å²) >= 11 is 0. The number of pyridine rings is 1. The number of aromatic amines is 1. The molecule has 5 rings (SSSR count). The lowest BCUT2D eigenvalue weighted by atomic mass is 9.99. The van der Waals surface area contributed by atoms with Crippen molar-refractivity contribution in [3.05, 3.63) is 72.0 Å². The van der Waals surface area contributed by atoms with E-state index in [1.165, 1.54) is 32.1 Å². The first-order valence-corrected chi connectivity index (χ1v) is 13.1. The van der Waals surface area contributed by atoms with Crippen LogP contribution in [0, 0.1) is 11.7 Å². The number of nitrogens with zero attached hydrogens (tertiary/aromatic N) is 4. The molecule has 1 aliphatic heterocycles. The minimum Gasteiger partial charge on any atom is -0.382 e. The normalized spacial score (nSPS) is 16.3. The van der Waals surface area contributed by atoms with Crippen molar-refractivity contribution in [1.29, 1.82) is 0 Å². The molecule has 4 heterocycles. The minimum absolute atomic E-state index is 0.00863. The van der Waals surface area contributed by atoms with Crippen LogP contribution in [0.15, 0.2) is 53.7 Å². The van der Waals surface area contributed by atoms with E-state index in [0.29, 0.717) is 29.7 Å². The van der Waals surface area contributed by atoms with Crippen molar-refractivity contribution < 1.29 is 23.6 Å². The molecule has 0 radical (unpaired) electrons. The molecule has 1 amide bonds. The number of carbonyl (C=O) groups is 2. The molecule has 1 aliphatic rings. The quantitative estimate of drug-likeness (QED) is 0.262. The van der Waals surface area contributed by atoms with Gasteiger partial charge in [0.15, 0.2) is 28.7 Å². The summed E-state index contributed by atoms with van der Waals surface area (Å²) in [5.74, 6) is 0.0778. The number of carbonyl (C=O) groups excluding carboxylic acids is 2. The molecule has 0 spiro atoms. The molecule has 2 atom stereocenters. The highest BCUT2D eigenvalue weighted by atomic mass is 19.1. The molecular formula is C29H31FN6O4.